The Labute approximate surface area is 145 Å². The van der Waals surface area contributed by atoms with Crippen molar-refractivity contribution >= 4 is 32.5 Å². The molecule has 4 rings (SSSR count). The van der Waals surface area contributed by atoms with E-state index in [4.69, 9.17) is 10.1 Å². The fourth-order valence-corrected chi connectivity index (χ4v) is 6.90. The van der Waals surface area contributed by atoms with Crippen LogP contribution in [-0.4, -0.2) is 36.4 Å². The third-order valence-electron chi connectivity index (χ3n) is 4.18. The number of ether oxygens (including phenoxy) is 1. The van der Waals surface area contributed by atoms with E-state index < -0.39 is 9.84 Å². The van der Waals surface area contributed by atoms with Crippen LogP contribution in [0.4, 0.5) is 5.69 Å². The minimum atomic E-state index is -3.00. The molecule has 2 aliphatic heterocycles. The van der Waals surface area contributed by atoms with Crippen molar-refractivity contribution in [2.45, 2.75) is 11.3 Å². The van der Waals surface area contributed by atoms with E-state index in [0.29, 0.717) is 10.9 Å². The molecule has 0 saturated carbocycles. The van der Waals surface area contributed by atoms with E-state index in [1.165, 1.54) is 11.8 Å². The third-order valence-corrected chi connectivity index (χ3v) is 7.31. The van der Waals surface area contributed by atoms with Gasteiger partial charge in [0.05, 0.1) is 17.5 Å². The number of rotatable bonds is 3. The lowest BCUT2D eigenvalue weighted by Crippen LogP contribution is -2.37. The van der Waals surface area contributed by atoms with Crippen molar-refractivity contribution in [1.82, 2.24) is 0 Å². The third kappa shape index (κ3) is 2.89. The topological polar surface area (TPSA) is 70.5 Å². The number of para-hydroxylation sites is 1. The fraction of sp³-hybridized carbons (Fsp3) is 0.235. The van der Waals surface area contributed by atoms with Crippen LogP contribution in [-0.2, 0) is 9.84 Å². The smallest absolute Gasteiger partial charge is 0.161 e. The van der Waals surface area contributed by atoms with Gasteiger partial charge in [0.25, 0.3) is 0 Å². The van der Waals surface area contributed by atoms with Crippen LogP contribution in [0.25, 0.3) is 0 Å². The number of hydrogen-bond acceptors (Lipinski definition) is 5. The zero-order valence-electron chi connectivity index (χ0n) is 12.8. The zero-order valence-corrected chi connectivity index (χ0v) is 14.4. The Morgan fingerprint density at radius 1 is 1.00 bits per heavy atom. The summed E-state index contributed by atoms with van der Waals surface area (Å²) in [5.41, 5.74) is 0.831. The van der Waals surface area contributed by atoms with E-state index in [0.717, 1.165) is 11.4 Å². The second-order valence-electron chi connectivity index (χ2n) is 5.88. The van der Waals surface area contributed by atoms with Gasteiger partial charge in [0.1, 0.15) is 11.5 Å². The van der Waals surface area contributed by atoms with Gasteiger partial charge in [-0.2, -0.15) is 0 Å². The Hall–Kier alpha value is -1.99. The normalized spacial score (nSPS) is 24.8. The quantitative estimate of drug-likeness (QED) is 0.911. The Kier molecular flexibility index (Phi) is 3.77. The number of nitrogens with zero attached hydrogens (tertiary/aromatic N) is 1. The lowest BCUT2D eigenvalue weighted by atomic mass is 10.2. The van der Waals surface area contributed by atoms with Crippen LogP contribution in [0.2, 0.25) is 0 Å². The largest absolute Gasteiger partial charge is 0.457 e. The highest BCUT2D eigenvalue weighted by Crippen LogP contribution is 2.40. The summed E-state index contributed by atoms with van der Waals surface area (Å²) >= 11 is 1.35. The SMILES string of the molecule is N=C1SC2CS(=O)(=O)CC2N1c1ccc(Oc2ccccc2)cc1. The van der Waals surface area contributed by atoms with Crippen LogP contribution < -0.4 is 9.64 Å². The summed E-state index contributed by atoms with van der Waals surface area (Å²) in [6.45, 7) is 0. The van der Waals surface area contributed by atoms with Gasteiger partial charge in [-0.1, -0.05) is 30.0 Å². The van der Waals surface area contributed by atoms with Crippen LogP contribution in [0, 0.1) is 5.41 Å². The van der Waals surface area contributed by atoms with Gasteiger partial charge >= 0.3 is 0 Å². The van der Waals surface area contributed by atoms with Crippen LogP contribution in [0.5, 0.6) is 11.5 Å². The Morgan fingerprint density at radius 2 is 1.67 bits per heavy atom. The van der Waals surface area contributed by atoms with Gasteiger partial charge in [0.2, 0.25) is 0 Å². The summed E-state index contributed by atoms with van der Waals surface area (Å²) in [6.07, 6.45) is 0. The molecule has 24 heavy (non-hydrogen) atoms. The number of fused-ring (bicyclic) bond motifs is 1. The summed E-state index contributed by atoms with van der Waals surface area (Å²) in [5.74, 6) is 1.75. The van der Waals surface area contributed by atoms with Crippen molar-refractivity contribution < 1.29 is 13.2 Å². The fourth-order valence-electron chi connectivity index (χ4n) is 3.11. The van der Waals surface area contributed by atoms with Crippen molar-refractivity contribution in [1.29, 1.82) is 5.41 Å². The molecule has 0 radical (unpaired) electrons. The van der Waals surface area contributed by atoms with E-state index in [1.54, 1.807) is 0 Å². The molecule has 0 spiro atoms. The van der Waals surface area contributed by atoms with Gasteiger partial charge in [-0.3, -0.25) is 5.41 Å². The standard InChI is InChI=1S/C17H16N2O3S2/c18-17-19(15-10-24(20,21)11-16(15)23-17)12-6-8-14(9-7-12)22-13-4-2-1-3-5-13/h1-9,15-16,18H,10-11H2. The molecule has 0 aliphatic carbocycles. The van der Waals surface area contributed by atoms with Gasteiger partial charge < -0.3 is 9.64 Å². The first-order chi connectivity index (χ1) is 11.5. The van der Waals surface area contributed by atoms with Crippen molar-refractivity contribution in [2.75, 3.05) is 16.4 Å². The Morgan fingerprint density at radius 3 is 2.38 bits per heavy atom. The van der Waals surface area contributed by atoms with Gasteiger partial charge in [-0.15, -0.1) is 0 Å². The van der Waals surface area contributed by atoms with Gasteiger partial charge in [0, 0.05) is 10.9 Å². The van der Waals surface area contributed by atoms with Gasteiger partial charge in [-0.05, 0) is 36.4 Å². The summed E-state index contributed by atoms with van der Waals surface area (Å²) in [5, 5.41) is 8.54. The van der Waals surface area contributed by atoms with E-state index in [9.17, 15) is 8.42 Å². The van der Waals surface area contributed by atoms with Crippen molar-refractivity contribution in [3.63, 3.8) is 0 Å². The van der Waals surface area contributed by atoms with Crippen molar-refractivity contribution in [3.8, 4) is 11.5 Å². The number of nitrogens with one attached hydrogen (secondary N) is 1. The highest BCUT2D eigenvalue weighted by atomic mass is 32.2. The highest BCUT2D eigenvalue weighted by molar-refractivity contribution is 8.15. The number of sulfone groups is 1. The molecule has 124 valence electrons. The van der Waals surface area contributed by atoms with E-state index in [2.05, 4.69) is 0 Å². The maximum Gasteiger partial charge on any atom is 0.161 e. The minimum Gasteiger partial charge on any atom is -0.457 e. The lowest BCUT2D eigenvalue weighted by Gasteiger charge is -2.24. The molecule has 0 aromatic heterocycles. The molecule has 2 unspecified atom stereocenters. The van der Waals surface area contributed by atoms with E-state index in [-0.39, 0.29) is 22.8 Å². The van der Waals surface area contributed by atoms with Crippen LogP contribution in [0.3, 0.4) is 0 Å². The predicted octanol–water partition coefficient (Wildman–Crippen LogP) is 3.13. The monoisotopic (exact) mass is 360 g/mol. The first kappa shape index (κ1) is 15.5. The lowest BCUT2D eigenvalue weighted by molar-refractivity contribution is 0.482. The second-order valence-corrected chi connectivity index (χ2v) is 9.27. The van der Waals surface area contributed by atoms with E-state index in [1.807, 2.05) is 59.5 Å². The molecule has 1 N–H and O–H groups in total. The van der Waals surface area contributed by atoms with E-state index >= 15 is 0 Å². The Balaban J connectivity index is 1.55. The summed E-state index contributed by atoms with van der Waals surface area (Å²) in [6, 6.07) is 16.8. The zero-order chi connectivity index (χ0) is 16.7. The maximum absolute atomic E-state index is 11.9. The molecule has 2 saturated heterocycles. The predicted molar refractivity (Wildman–Crippen MR) is 97.0 cm³/mol. The molecule has 0 amide bonds. The van der Waals surface area contributed by atoms with Crippen LogP contribution in [0.15, 0.2) is 54.6 Å². The van der Waals surface area contributed by atoms with Crippen LogP contribution in [0.1, 0.15) is 0 Å². The molecule has 2 aromatic carbocycles. The van der Waals surface area contributed by atoms with Gasteiger partial charge in [-0.25, -0.2) is 8.42 Å². The summed E-state index contributed by atoms with van der Waals surface area (Å²) < 4.78 is 29.5. The molecule has 2 heterocycles. The summed E-state index contributed by atoms with van der Waals surface area (Å²) in [4.78, 5) is 1.83. The second kappa shape index (κ2) is 5.82. The minimum absolute atomic E-state index is 0.0391. The average molecular weight is 360 g/mol. The molecule has 2 fully saturated rings. The van der Waals surface area contributed by atoms with Crippen molar-refractivity contribution in [3.05, 3.63) is 54.6 Å². The molecule has 2 atom stereocenters. The molecule has 7 heteroatoms. The van der Waals surface area contributed by atoms with Crippen LogP contribution >= 0.6 is 11.8 Å². The first-order valence-corrected chi connectivity index (χ1v) is 10.3. The molecule has 5 nitrogen and oxygen atoms in total. The number of hydrogen-bond donors (Lipinski definition) is 1. The highest BCUT2D eigenvalue weighted by Gasteiger charge is 2.48. The molecule has 2 aromatic rings. The Bertz CT molecular complexity index is 866. The summed E-state index contributed by atoms with van der Waals surface area (Å²) in [7, 11) is -3.00. The molecular weight excluding hydrogens is 344 g/mol. The number of amidine groups is 1. The maximum atomic E-state index is 11.9. The molecular formula is C17H16N2O3S2. The number of thioether (sulfide) groups is 1. The van der Waals surface area contributed by atoms with Gasteiger partial charge in [0.15, 0.2) is 15.0 Å². The average Bonchev–Trinajstić information content (AvgIpc) is 2.99. The molecule has 2 aliphatic rings. The first-order valence-electron chi connectivity index (χ1n) is 7.60. The number of anilines is 1. The number of benzene rings is 2. The van der Waals surface area contributed by atoms with Crippen molar-refractivity contribution in [2.24, 2.45) is 0 Å². The molecule has 0 bridgehead atoms.